The van der Waals surface area contributed by atoms with Gasteiger partial charge in [-0.25, -0.2) is 14.4 Å². The Hall–Kier alpha value is -1.62. The molecule has 0 fully saturated rings. The van der Waals surface area contributed by atoms with Crippen molar-refractivity contribution in [3.05, 3.63) is 41.2 Å². The fourth-order valence-corrected chi connectivity index (χ4v) is 2.91. The van der Waals surface area contributed by atoms with Gasteiger partial charge in [0.25, 0.3) is 0 Å². The first-order valence-corrected chi connectivity index (χ1v) is 9.37. The van der Waals surface area contributed by atoms with Crippen molar-refractivity contribution >= 4 is 46.4 Å². The number of halogens is 2. The number of rotatable bonds is 8. The summed E-state index contributed by atoms with van der Waals surface area (Å²) in [5.74, 6) is 0.682. The van der Waals surface area contributed by atoms with Gasteiger partial charge in [-0.05, 0) is 19.1 Å². The van der Waals surface area contributed by atoms with Gasteiger partial charge in [-0.15, -0.1) is 35.3 Å². The van der Waals surface area contributed by atoms with Crippen molar-refractivity contribution < 1.29 is 9.13 Å². The smallest absolute Gasteiger partial charge is 0.194 e. The Morgan fingerprint density at radius 2 is 2.04 bits per heavy atom. The van der Waals surface area contributed by atoms with E-state index in [4.69, 9.17) is 4.74 Å². The second kappa shape index (κ2) is 12.0. The molecule has 6 nitrogen and oxygen atoms in total. The number of thiazole rings is 1. The van der Waals surface area contributed by atoms with Crippen LogP contribution in [0, 0.1) is 5.82 Å². The second-order valence-electron chi connectivity index (χ2n) is 5.89. The highest BCUT2D eigenvalue weighted by Crippen LogP contribution is 2.18. The van der Waals surface area contributed by atoms with Crippen LogP contribution in [-0.2, 0) is 6.54 Å². The lowest BCUT2D eigenvalue weighted by Gasteiger charge is -2.22. The Balaban J connectivity index is 0.00000364. The predicted octanol–water partition coefficient (Wildman–Crippen LogP) is 3.44. The van der Waals surface area contributed by atoms with Gasteiger partial charge in [0, 0.05) is 33.1 Å². The highest BCUT2D eigenvalue weighted by molar-refractivity contribution is 14.0. The summed E-state index contributed by atoms with van der Waals surface area (Å²) in [4.78, 5) is 13.1. The predicted molar refractivity (Wildman–Crippen MR) is 121 cm³/mol. The van der Waals surface area contributed by atoms with E-state index in [2.05, 4.69) is 15.3 Å². The molecule has 0 saturated carbocycles. The Bertz CT molecular complexity index is 725. The van der Waals surface area contributed by atoms with Gasteiger partial charge in [-0.2, -0.15) is 0 Å². The van der Waals surface area contributed by atoms with Gasteiger partial charge in [-0.3, -0.25) is 0 Å². The van der Waals surface area contributed by atoms with Crippen LogP contribution in [0.5, 0.6) is 5.75 Å². The average molecular weight is 507 g/mol. The Labute approximate surface area is 181 Å². The molecule has 2 aromatic rings. The van der Waals surface area contributed by atoms with Crippen LogP contribution in [0.15, 0.2) is 34.6 Å². The summed E-state index contributed by atoms with van der Waals surface area (Å²) >= 11 is 1.60. The molecule has 9 heteroatoms. The summed E-state index contributed by atoms with van der Waals surface area (Å²) in [5.41, 5.74) is 0.935. The number of nitrogens with zero attached hydrogens (tertiary/aromatic N) is 4. The molecule has 0 unspecified atom stereocenters. The summed E-state index contributed by atoms with van der Waals surface area (Å²) in [6.45, 7) is 4.23. The average Bonchev–Trinajstić information content (AvgIpc) is 3.09. The number of likely N-dealkylation sites (N-methyl/N-ethyl adjacent to an activating group) is 1. The van der Waals surface area contributed by atoms with Crippen molar-refractivity contribution in [1.82, 2.24) is 15.2 Å². The zero-order valence-corrected chi connectivity index (χ0v) is 19.3. The largest absolute Gasteiger partial charge is 0.489 e. The van der Waals surface area contributed by atoms with E-state index < -0.39 is 0 Å². The monoisotopic (exact) mass is 507 g/mol. The van der Waals surface area contributed by atoms with Gasteiger partial charge in [0.05, 0.1) is 18.8 Å². The molecule has 1 aromatic heterocycles. The maximum absolute atomic E-state index is 13.6. The minimum atomic E-state index is -0.351. The van der Waals surface area contributed by atoms with Crippen LogP contribution in [0.4, 0.5) is 9.52 Å². The molecule has 0 radical (unpaired) electrons. The first-order valence-electron chi connectivity index (χ1n) is 8.49. The summed E-state index contributed by atoms with van der Waals surface area (Å²) in [6.07, 6.45) is 0. The molecule has 0 bridgehead atoms. The zero-order valence-electron chi connectivity index (χ0n) is 16.1. The van der Waals surface area contributed by atoms with Crippen LogP contribution in [0.2, 0.25) is 0 Å². The topological polar surface area (TPSA) is 53.0 Å². The number of nitrogens with one attached hydrogen (secondary N) is 1. The van der Waals surface area contributed by atoms with Gasteiger partial charge in [0.1, 0.15) is 6.61 Å². The van der Waals surface area contributed by atoms with E-state index in [1.807, 2.05) is 43.2 Å². The Morgan fingerprint density at radius 1 is 1.30 bits per heavy atom. The van der Waals surface area contributed by atoms with Crippen LogP contribution in [-0.4, -0.2) is 56.7 Å². The number of aliphatic imine (C=N–C) groups is 1. The minimum absolute atomic E-state index is 0. The third-order valence-corrected chi connectivity index (χ3v) is 4.59. The lowest BCUT2D eigenvalue weighted by atomic mass is 10.3. The van der Waals surface area contributed by atoms with E-state index in [0.29, 0.717) is 19.7 Å². The van der Waals surface area contributed by atoms with E-state index >= 15 is 0 Å². The van der Waals surface area contributed by atoms with Crippen molar-refractivity contribution in [3.63, 3.8) is 0 Å². The number of hydrogen-bond donors (Lipinski definition) is 1. The summed E-state index contributed by atoms with van der Waals surface area (Å²) < 4.78 is 19.1. The van der Waals surface area contributed by atoms with Crippen LogP contribution < -0.4 is 15.0 Å². The maximum Gasteiger partial charge on any atom is 0.194 e. The van der Waals surface area contributed by atoms with E-state index in [1.165, 1.54) is 6.07 Å². The second-order valence-corrected chi connectivity index (χ2v) is 6.72. The van der Waals surface area contributed by atoms with Crippen molar-refractivity contribution in [2.75, 3.05) is 45.7 Å². The van der Waals surface area contributed by atoms with Crippen molar-refractivity contribution in [1.29, 1.82) is 0 Å². The lowest BCUT2D eigenvalue weighted by Crippen LogP contribution is -2.40. The molecule has 1 N–H and O–H groups in total. The van der Waals surface area contributed by atoms with Crippen LogP contribution >= 0.6 is 35.3 Å². The number of hydrogen-bond acceptors (Lipinski definition) is 5. The van der Waals surface area contributed by atoms with Gasteiger partial charge < -0.3 is 19.9 Å². The molecule has 0 aliphatic heterocycles. The number of aromatic nitrogens is 1. The molecule has 0 amide bonds. The Kier molecular flexibility index (Phi) is 10.4. The minimum Gasteiger partial charge on any atom is -0.489 e. The van der Waals surface area contributed by atoms with E-state index in [0.717, 1.165) is 23.3 Å². The third kappa shape index (κ3) is 7.49. The van der Waals surface area contributed by atoms with Crippen molar-refractivity contribution in [3.8, 4) is 5.75 Å². The van der Waals surface area contributed by atoms with Crippen molar-refractivity contribution in [2.24, 2.45) is 4.99 Å². The molecule has 2 rings (SSSR count). The first kappa shape index (κ1) is 23.4. The third-order valence-electron chi connectivity index (χ3n) is 3.53. The van der Waals surface area contributed by atoms with E-state index in [9.17, 15) is 4.39 Å². The lowest BCUT2D eigenvalue weighted by molar-refractivity contribution is 0.270. The summed E-state index contributed by atoms with van der Waals surface area (Å²) in [5, 5.41) is 6.24. The highest BCUT2D eigenvalue weighted by atomic mass is 127. The number of para-hydroxylation sites is 1. The zero-order chi connectivity index (χ0) is 18.9. The summed E-state index contributed by atoms with van der Waals surface area (Å²) in [7, 11) is 5.87. The van der Waals surface area contributed by atoms with E-state index in [-0.39, 0.29) is 35.5 Å². The first-order chi connectivity index (χ1) is 12.5. The highest BCUT2D eigenvalue weighted by Gasteiger charge is 2.08. The maximum atomic E-state index is 13.6. The number of anilines is 1. The van der Waals surface area contributed by atoms with Gasteiger partial charge in [0.2, 0.25) is 0 Å². The molecule has 0 atom stereocenters. The van der Waals surface area contributed by atoms with Crippen LogP contribution in [0.3, 0.4) is 0 Å². The fraction of sp³-hybridized carbons (Fsp3) is 0.444. The molecule has 1 heterocycles. The summed E-state index contributed by atoms with van der Waals surface area (Å²) in [6, 6.07) is 6.41. The molecular weight excluding hydrogens is 480 g/mol. The quantitative estimate of drug-likeness (QED) is 0.337. The molecular formula is C18H27FIN5OS. The SMILES string of the molecule is CCNC(=NCc1csc(N(C)C)n1)N(C)CCOc1ccccc1F.I. The number of ether oxygens (including phenoxy) is 1. The van der Waals surface area contributed by atoms with E-state index in [1.54, 1.807) is 29.5 Å². The van der Waals surface area contributed by atoms with Gasteiger partial charge in [0.15, 0.2) is 22.7 Å². The molecule has 0 aliphatic carbocycles. The molecule has 27 heavy (non-hydrogen) atoms. The van der Waals surface area contributed by atoms with Crippen molar-refractivity contribution in [2.45, 2.75) is 13.5 Å². The molecule has 0 aliphatic rings. The Morgan fingerprint density at radius 3 is 2.67 bits per heavy atom. The van der Waals surface area contributed by atoms with Crippen LogP contribution in [0.1, 0.15) is 12.6 Å². The standard InChI is InChI=1S/C18H26FN5OS.HI/c1-5-20-17(21-12-14-13-26-18(22-14)23(2)3)24(4)10-11-25-16-9-7-6-8-15(16)19;/h6-9,13H,5,10-12H2,1-4H3,(H,20,21);1H. The molecule has 0 saturated heterocycles. The number of guanidine groups is 1. The van der Waals surface area contributed by atoms with Gasteiger partial charge in [-0.1, -0.05) is 12.1 Å². The number of benzene rings is 1. The van der Waals surface area contributed by atoms with Crippen LogP contribution in [0.25, 0.3) is 0 Å². The molecule has 0 spiro atoms. The fourth-order valence-electron chi connectivity index (χ4n) is 2.16. The molecule has 1 aromatic carbocycles. The molecule has 150 valence electrons. The normalized spacial score (nSPS) is 10.9. The van der Waals surface area contributed by atoms with Gasteiger partial charge >= 0.3 is 0 Å².